The molecule has 2 N–H and O–H groups in total. The molecule has 0 spiro atoms. The average molecular weight is 390 g/mol. The van der Waals surface area contributed by atoms with Gasteiger partial charge in [-0.15, -0.1) is 0 Å². The van der Waals surface area contributed by atoms with Gasteiger partial charge >= 0.3 is 0 Å². The van der Waals surface area contributed by atoms with E-state index in [4.69, 9.17) is 4.74 Å². The first kappa shape index (κ1) is 18.2. The molecule has 1 aliphatic rings. The number of nitrogens with one attached hydrogen (secondary N) is 2. The number of hydrogen-bond acceptors (Lipinski definition) is 4. The van der Waals surface area contributed by atoms with Crippen molar-refractivity contribution in [2.24, 2.45) is 0 Å². The summed E-state index contributed by atoms with van der Waals surface area (Å²) in [7, 11) is 1.67. The molecule has 1 aromatic carbocycles. The highest BCUT2D eigenvalue weighted by molar-refractivity contribution is 5.92. The van der Waals surface area contributed by atoms with Gasteiger partial charge in [-0.1, -0.05) is 19.9 Å². The predicted octanol–water partition coefficient (Wildman–Crippen LogP) is 4.48. The van der Waals surface area contributed by atoms with Crippen LogP contribution in [0.5, 0.6) is 5.75 Å². The first-order chi connectivity index (χ1) is 14.2. The topological polar surface area (TPSA) is 67.2 Å². The lowest BCUT2D eigenvalue weighted by atomic mass is 9.88. The maximum atomic E-state index is 5.58. The zero-order valence-electron chi connectivity index (χ0n) is 17.2. The molecule has 1 saturated heterocycles. The number of H-pyrrole nitrogens is 1. The highest BCUT2D eigenvalue weighted by atomic mass is 16.5. The minimum Gasteiger partial charge on any atom is -0.493 e. The van der Waals surface area contributed by atoms with E-state index in [9.17, 15) is 0 Å². The van der Waals surface area contributed by atoms with Gasteiger partial charge in [-0.05, 0) is 67.1 Å². The summed E-state index contributed by atoms with van der Waals surface area (Å²) in [6.07, 6.45) is 6.00. The average Bonchev–Trinajstić information content (AvgIpc) is 3.37. The van der Waals surface area contributed by atoms with Gasteiger partial charge in [0.2, 0.25) is 0 Å². The van der Waals surface area contributed by atoms with Crippen LogP contribution in [-0.4, -0.2) is 39.8 Å². The minimum absolute atomic E-state index is 0.388. The number of fused-ring (bicyclic) bond motifs is 2. The van der Waals surface area contributed by atoms with E-state index in [1.807, 2.05) is 12.3 Å². The van der Waals surface area contributed by atoms with E-state index < -0.39 is 0 Å². The number of ether oxygens (including phenoxy) is 1. The Kier molecular flexibility index (Phi) is 4.51. The van der Waals surface area contributed by atoms with E-state index in [1.54, 1.807) is 18.0 Å². The second-order valence-corrected chi connectivity index (χ2v) is 8.22. The molecule has 29 heavy (non-hydrogen) atoms. The van der Waals surface area contributed by atoms with E-state index in [2.05, 4.69) is 52.4 Å². The highest BCUT2D eigenvalue weighted by Gasteiger charge is 2.21. The zero-order chi connectivity index (χ0) is 20.0. The van der Waals surface area contributed by atoms with Crippen molar-refractivity contribution in [3.63, 3.8) is 0 Å². The molecule has 0 radical (unpaired) electrons. The molecule has 5 rings (SSSR count). The van der Waals surface area contributed by atoms with Crippen LogP contribution in [-0.2, 0) is 0 Å². The van der Waals surface area contributed by atoms with E-state index in [-0.39, 0.29) is 0 Å². The van der Waals surface area contributed by atoms with Gasteiger partial charge in [0, 0.05) is 22.7 Å². The van der Waals surface area contributed by atoms with E-state index >= 15 is 0 Å². The van der Waals surface area contributed by atoms with Crippen molar-refractivity contribution in [3.8, 4) is 17.0 Å². The molecule has 0 bridgehead atoms. The first-order valence-electron chi connectivity index (χ1n) is 10.4. The predicted molar refractivity (Wildman–Crippen MR) is 116 cm³/mol. The number of aromatic amines is 1. The van der Waals surface area contributed by atoms with Crippen LogP contribution in [0.1, 0.15) is 49.7 Å². The summed E-state index contributed by atoms with van der Waals surface area (Å²) < 4.78 is 7.36. The molecule has 6 nitrogen and oxygen atoms in total. The fourth-order valence-electron chi connectivity index (χ4n) is 4.65. The minimum atomic E-state index is 0.388. The number of benzene rings is 1. The SMILES string of the molecule is COc1cc(-c2[nH]c3ccc(C4CCNCC4)cc3c2C(C)C)cn2ncnc12. The standard InChI is InChI=1S/C23H27N5O/c1-14(2)21-18-10-16(15-6-8-24-9-7-15)4-5-19(18)27-22(21)17-11-20(29-3)23-25-13-26-28(23)12-17/h4-5,10-15,24,27H,6-9H2,1-3H3. The number of aromatic nitrogens is 4. The Bertz CT molecular complexity index is 1170. The molecule has 0 atom stereocenters. The molecular weight excluding hydrogens is 362 g/mol. The fraction of sp³-hybridized carbons (Fsp3) is 0.391. The molecule has 0 aliphatic carbocycles. The quantitative estimate of drug-likeness (QED) is 0.540. The molecule has 0 unspecified atom stereocenters. The summed E-state index contributed by atoms with van der Waals surface area (Å²) in [4.78, 5) is 7.97. The van der Waals surface area contributed by atoms with Crippen LogP contribution in [0.3, 0.4) is 0 Å². The Labute approximate surface area is 170 Å². The van der Waals surface area contributed by atoms with E-state index in [0.717, 1.165) is 35.7 Å². The second kappa shape index (κ2) is 7.19. The number of rotatable bonds is 4. The highest BCUT2D eigenvalue weighted by Crippen LogP contribution is 2.39. The third kappa shape index (κ3) is 3.08. The number of hydrogen-bond donors (Lipinski definition) is 2. The first-order valence-corrected chi connectivity index (χ1v) is 10.4. The molecule has 150 valence electrons. The molecule has 6 heteroatoms. The van der Waals surface area contributed by atoms with Gasteiger partial charge < -0.3 is 15.0 Å². The third-order valence-electron chi connectivity index (χ3n) is 6.10. The number of methoxy groups -OCH3 is 1. The number of nitrogens with zero attached hydrogens (tertiary/aromatic N) is 3. The summed E-state index contributed by atoms with van der Waals surface area (Å²) >= 11 is 0. The van der Waals surface area contributed by atoms with Crippen LogP contribution in [0.2, 0.25) is 0 Å². The summed E-state index contributed by atoms with van der Waals surface area (Å²) in [5.41, 5.74) is 6.90. The van der Waals surface area contributed by atoms with Gasteiger partial charge in [0.25, 0.3) is 0 Å². The third-order valence-corrected chi connectivity index (χ3v) is 6.10. The summed E-state index contributed by atoms with van der Waals surface area (Å²) in [6, 6.07) is 9.00. The van der Waals surface area contributed by atoms with Gasteiger partial charge in [-0.3, -0.25) is 0 Å². The second-order valence-electron chi connectivity index (χ2n) is 8.22. The number of piperidine rings is 1. The van der Waals surface area contributed by atoms with Crippen LogP contribution >= 0.6 is 0 Å². The number of pyridine rings is 1. The van der Waals surface area contributed by atoms with Crippen molar-refractivity contribution in [1.29, 1.82) is 0 Å². The molecule has 4 heterocycles. The molecule has 1 aliphatic heterocycles. The summed E-state index contributed by atoms with van der Waals surface area (Å²) in [5, 5.41) is 9.11. The monoisotopic (exact) mass is 389 g/mol. The van der Waals surface area contributed by atoms with Crippen LogP contribution < -0.4 is 10.1 Å². The van der Waals surface area contributed by atoms with E-state index in [0.29, 0.717) is 11.8 Å². The van der Waals surface area contributed by atoms with Crippen molar-refractivity contribution in [1.82, 2.24) is 24.9 Å². The van der Waals surface area contributed by atoms with Crippen molar-refractivity contribution < 1.29 is 4.74 Å². The van der Waals surface area contributed by atoms with Crippen molar-refractivity contribution in [2.45, 2.75) is 38.5 Å². The van der Waals surface area contributed by atoms with Crippen LogP contribution in [0.15, 0.2) is 36.8 Å². The Balaban J connectivity index is 1.68. The van der Waals surface area contributed by atoms with Gasteiger partial charge in [0.05, 0.1) is 12.8 Å². The van der Waals surface area contributed by atoms with Crippen molar-refractivity contribution >= 4 is 16.6 Å². The molecule has 4 aromatic rings. The lowest BCUT2D eigenvalue weighted by molar-refractivity contribution is 0.416. The van der Waals surface area contributed by atoms with Crippen LogP contribution in [0.4, 0.5) is 0 Å². The fourth-order valence-corrected chi connectivity index (χ4v) is 4.65. The smallest absolute Gasteiger partial charge is 0.197 e. The summed E-state index contributed by atoms with van der Waals surface area (Å²) in [5.74, 6) is 1.76. The normalized spacial score (nSPS) is 15.6. The van der Waals surface area contributed by atoms with Gasteiger partial charge in [-0.2, -0.15) is 5.10 Å². The Morgan fingerprint density at radius 1 is 1.17 bits per heavy atom. The maximum Gasteiger partial charge on any atom is 0.197 e. The maximum absolute atomic E-state index is 5.58. The zero-order valence-corrected chi connectivity index (χ0v) is 17.2. The van der Waals surface area contributed by atoms with Crippen LogP contribution in [0.25, 0.3) is 27.8 Å². The lowest BCUT2D eigenvalue weighted by Crippen LogP contribution is -2.26. The Morgan fingerprint density at radius 2 is 2.00 bits per heavy atom. The van der Waals surface area contributed by atoms with Crippen LogP contribution in [0, 0.1) is 0 Å². The van der Waals surface area contributed by atoms with E-state index in [1.165, 1.54) is 34.9 Å². The lowest BCUT2D eigenvalue weighted by Gasteiger charge is -2.23. The van der Waals surface area contributed by atoms with Gasteiger partial charge in [-0.25, -0.2) is 9.50 Å². The molecule has 1 fully saturated rings. The van der Waals surface area contributed by atoms with Crippen molar-refractivity contribution in [3.05, 3.63) is 47.9 Å². The molecule has 3 aromatic heterocycles. The summed E-state index contributed by atoms with van der Waals surface area (Å²) in [6.45, 7) is 6.73. The Hall–Kier alpha value is -2.86. The largest absolute Gasteiger partial charge is 0.493 e. The van der Waals surface area contributed by atoms with Gasteiger partial charge in [0.1, 0.15) is 6.33 Å². The molecule has 0 saturated carbocycles. The van der Waals surface area contributed by atoms with Crippen molar-refractivity contribution in [2.75, 3.05) is 20.2 Å². The molecule has 0 amide bonds. The molecular formula is C23H27N5O. The van der Waals surface area contributed by atoms with Gasteiger partial charge in [0.15, 0.2) is 11.4 Å². The Morgan fingerprint density at radius 3 is 2.76 bits per heavy atom.